The van der Waals surface area contributed by atoms with Gasteiger partial charge in [-0.05, 0) is 44.0 Å². The molecule has 5 aromatic rings. The number of hydrogen-bond donors (Lipinski definition) is 1. The fourth-order valence-corrected chi connectivity index (χ4v) is 5.89. The highest BCUT2D eigenvalue weighted by atomic mass is 32.1. The summed E-state index contributed by atoms with van der Waals surface area (Å²) in [6, 6.07) is 14.5. The number of amides is 1. The first kappa shape index (κ1) is 26.0. The fraction of sp³-hybridized carbons (Fsp3) is 0.276. The van der Waals surface area contributed by atoms with Crippen LogP contribution in [-0.4, -0.2) is 43.7 Å². The number of hydrogen-bond acceptors (Lipinski definition) is 9. The normalized spacial score (nSPS) is 18.6. The molecule has 0 unspecified atom stereocenters. The quantitative estimate of drug-likeness (QED) is 0.278. The zero-order valence-corrected chi connectivity index (χ0v) is 22.8. The van der Waals surface area contributed by atoms with Crippen molar-refractivity contribution >= 4 is 17.2 Å². The topological polar surface area (TPSA) is 124 Å². The van der Waals surface area contributed by atoms with Gasteiger partial charge in [-0.15, -0.1) is 21.5 Å². The van der Waals surface area contributed by atoms with Gasteiger partial charge in [0.25, 0.3) is 5.91 Å². The van der Waals surface area contributed by atoms with Crippen molar-refractivity contribution in [2.75, 3.05) is 6.54 Å². The Morgan fingerprint density at radius 3 is 2.65 bits per heavy atom. The van der Waals surface area contributed by atoms with Crippen LogP contribution in [0.1, 0.15) is 51.9 Å². The summed E-state index contributed by atoms with van der Waals surface area (Å²) in [7, 11) is 0. The van der Waals surface area contributed by atoms with Gasteiger partial charge in [0.05, 0.1) is 24.3 Å². The third-order valence-electron chi connectivity index (χ3n) is 6.87. The zero-order chi connectivity index (χ0) is 27.9. The van der Waals surface area contributed by atoms with Crippen LogP contribution in [0.4, 0.5) is 4.39 Å². The van der Waals surface area contributed by atoms with Gasteiger partial charge in [-0.1, -0.05) is 30.3 Å². The molecular weight excluding hydrogens is 531 g/mol. The van der Waals surface area contributed by atoms with Gasteiger partial charge in [0.15, 0.2) is 0 Å². The molecule has 204 valence electrons. The monoisotopic (exact) mass is 558 g/mol. The van der Waals surface area contributed by atoms with E-state index >= 15 is 0 Å². The predicted molar refractivity (Wildman–Crippen MR) is 147 cm³/mol. The van der Waals surface area contributed by atoms with E-state index in [4.69, 9.17) is 14.6 Å². The molecule has 0 aliphatic carbocycles. The number of nitrogens with two attached hydrogens (primary N) is 1. The van der Waals surface area contributed by atoms with Gasteiger partial charge in [-0.2, -0.15) is 0 Å². The van der Waals surface area contributed by atoms with Crippen molar-refractivity contribution in [3.63, 3.8) is 0 Å². The highest BCUT2D eigenvalue weighted by Crippen LogP contribution is 2.37. The molecule has 11 heteroatoms. The average Bonchev–Trinajstić information content (AvgIpc) is 3.76. The molecule has 1 aliphatic heterocycles. The second-order valence-corrected chi connectivity index (χ2v) is 11.2. The van der Waals surface area contributed by atoms with Crippen LogP contribution < -0.4 is 5.73 Å². The van der Waals surface area contributed by atoms with E-state index in [9.17, 15) is 9.18 Å². The first-order valence-corrected chi connectivity index (χ1v) is 13.7. The van der Waals surface area contributed by atoms with Crippen LogP contribution in [0, 0.1) is 6.92 Å². The number of aryl methyl sites for hydroxylation is 1. The van der Waals surface area contributed by atoms with E-state index in [2.05, 4.69) is 20.2 Å². The number of halogens is 1. The van der Waals surface area contributed by atoms with Gasteiger partial charge >= 0.3 is 0 Å². The minimum Gasteiger partial charge on any atom is -0.445 e. The SMILES string of the molecule is Cc1csc([C@H]2C[C@H](F)CN2C(=O)c2cc(-c3ncco3)cc(-c3nnc([C@](C)(N)Cc4ccccc4)o3)c2)n1. The summed E-state index contributed by atoms with van der Waals surface area (Å²) in [4.78, 5) is 24.2. The highest BCUT2D eigenvalue weighted by molar-refractivity contribution is 7.09. The summed E-state index contributed by atoms with van der Waals surface area (Å²) in [5.74, 6) is 0.444. The van der Waals surface area contributed by atoms with E-state index < -0.39 is 17.8 Å². The smallest absolute Gasteiger partial charge is 0.254 e. The molecule has 1 fully saturated rings. The molecule has 3 atom stereocenters. The summed E-state index contributed by atoms with van der Waals surface area (Å²) < 4.78 is 26.2. The maximum Gasteiger partial charge on any atom is 0.254 e. The molecule has 2 aromatic carbocycles. The van der Waals surface area contributed by atoms with Gasteiger partial charge in [-0.3, -0.25) is 4.79 Å². The average molecular weight is 559 g/mol. The van der Waals surface area contributed by atoms with Crippen LogP contribution in [0.5, 0.6) is 0 Å². The van der Waals surface area contributed by atoms with Crippen molar-refractivity contribution in [1.82, 2.24) is 25.1 Å². The van der Waals surface area contributed by atoms with Crippen molar-refractivity contribution < 1.29 is 18.0 Å². The minimum atomic E-state index is -1.14. The molecular formula is C29H27FN6O3S. The van der Waals surface area contributed by atoms with E-state index in [0.29, 0.717) is 29.0 Å². The minimum absolute atomic E-state index is 0.0174. The number of carbonyl (C=O) groups excluding carboxylic acids is 1. The molecule has 6 rings (SSSR count). The highest BCUT2D eigenvalue weighted by Gasteiger charge is 2.39. The Balaban J connectivity index is 1.36. The molecule has 0 spiro atoms. The number of oxazole rings is 1. The lowest BCUT2D eigenvalue weighted by Crippen LogP contribution is -2.35. The van der Waals surface area contributed by atoms with E-state index in [1.807, 2.05) is 49.6 Å². The lowest BCUT2D eigenvalue weighted by molar-refractivity contribution is 0.0728. The number of rotatable bonds is 7. The molecule has 2 N–H and O–H groups in total. The summed E-state index contributed by atoms with van der Waals surface area (Å²) in [5.41, 5.74) is 8.90. The van der Waals surface area contributed by atoms with Gasteiger partial charge in [0.2, 0.25) is 17.7 Å². The standard InChI is InChI=1S/C29H27FN6O3S/c1-17-16-40-26(33-17)23-13-22(30)15-36(23)27(37)21-11-19(24-32-8-9-38-24)10-20(12-21)25-34-35-28(39-25)29(2,31)14-18-6-4-3-5-7-18/h3-12,16,22-23H,13-15,31H2,1-2H3/t22-,23+,29+/m0/s1. The second kappa shape index (κ2) is 10.4. The van der Waals surface area contributed by atoms with Crippen molar-refractivity contribution in [3.8, 4) is 22.9 Å². The largest absolute Gasteiger partial charge is 0.445 e. The molecule has 40 heavy (non-hydrogen) atoms. The van der Waals surface area contributed by atoms with Gasteiger partial charge < -0.3 is 19.5 Å². The summed E-state index contributed by atoms with van der Waals surface area (Å²) in [5, 5.41) is 11.1. The van der Waals surface area contributed by atoms with Crippen LogP contribution in [0.15, 0.2) is 75.2 Å². The van der Waals surface area contributed by atoms with E-state index in [0.717, 1.165) is 16.3 Å². The zero-order valence-electron chi connectivity index (χ0n) is 22.0. The van der Waals surface area contributed by atoms with Crippen LogP contribution in [0.3, 0.4) is 0 Å². The molecule has 3 aromatic heterocycles. The Morgan fingerprint density at radius 2 is 1.95 bits per heavy atom. The Kier molecular flexibility index (Phi) is 6.77. The molecule has 9 nitrogen and oxygen atoms in total. The number of thiazole rings is 1. The summed E-state index contributed by atoms with van der Waals surface area (Å²) in [6.07, 6.45) is 2.53. The Bertz CT molecular complexity index is 1630. The van der Waals surface area contributed by atoms with Crippen molar-refractivity contribution in [1.29, 1.82) is 0 Å². The Labute approximate surface area is 233 Å². The van der Waals surface area contributed by atoms with Gasteiger partial charge in [-0.25, -0.2) is 14.4 Å². The Morgan fingerprint density at radius 1 is 1.18 bits per heavy atom. The lowest BCUT2D eigenvalue weighted by atomic mass is 9.94. The van der Waals surface area contributed by atoms with Crippen molar-refractivity contribution in [2.24, 2.45) is 5.73 Å². The molecule has 4 heterocycles. The van der Waals surface area contributed by atoms with E-state index in [-0.39, 0.29) is 30.7 Å². The maximum atomic E-state index is 14.6. The molecule has 0 saturated carbocycles. The number of benzene rings is 2. The number of aromatic nitrogens is 4. The van der Waals surface area contributed by atoms with Crippen LogP contribution in [-0.2, 0) is 12.0 Å². The third-order valence-corrected chi connectivity index (χ3v) is 7.93. The summed E-state index contributed by atoms with van der Waals surface area (Å²) >= 11 is 1.43. The molecule has 0 radical (unpaired) electrons. The fourth-order valence-electron chi connectivity index (χ4n) is 4.96. The van der Waals surface area contributed by atoms with E-state index in [1.165, 1.54) is 28.7 Å². The number of carbonyl (C=O) groups is 1. The predicted octanol–water partition coefficient (Wildman–Crippen LogP) is 5.50. The van der Waals surface area contributed by atoms with Crippen molar-refractivity contribution in [2.45, 2.75) is 44.4 Å². The first-order valence-electron chi connectivity index (χ1n) is 12.9. The number of nitrogens with zero attached hydrogens (tertiary/aromatic N) is 5. The number of alkyl halides is 1. The molecule has 1 aliphatic rings. The van der Waals surface area contributed by atoms with Gasteiger partial charge in [0.1, 0.15) is 17.4 Å². The summed E-state index contributed by atoms with van der Waals surface area (Å²) in [6.45, 7) is 3.69. The second-order valence-electron chi connectivity index (χ2n) is 10.3. The Hall–Kier alpha value is -4.22. The van der Waals surface area contributed by atoms with E-state index in [1.54, 1.807) is 18.2 Å². The van der Waals surface area contributed by atoms with Crippen LogP contribution in [0.25, 0.3) is 22.9 Å². The lowest BCUT2D eigenvalue weighted by Gasteiger charge is -2.23. The maximum absolute atomic E-state index is 14.6. The third kappa shape index (κ3) is 5.17. The molecule has 1 amide bonds. The number of likely N-dealkylation sites (tertiary alicyclic amines) is 1. The van der Waals surface area contributed by atoms with Crippen LogP contribution in [0.2, 0.25) is 0 Å². The first-order chi connectivity index (χ1) is 19.3. The van der Waals surface area contributed by atoms with Gasteiger partial charge in [0, 0.05) is 34.2 Å². The molecule has 1 saturated heterocycles. The molecule has 0 bridgehead atoms. The van der Waals surface area contributed by atoms with Crippen molar-refractivity contribution in [3.05, 3.63) is 94.1 Å². The van der Waals surface area contributed by atoms with Crippen LogP contribution >= 0.6 is 11.3 Å².